The quantitative estimate of drug-likeness (QED) is 0.747. The zero-order valence-corrected chi connectivity index (χ0v) is 13.5. The number of halogens is 2. The predicted molar refractivity (Wildman–Crippen MR) is 82.7 cm³/mol. The minimum atomic E-state index is 0.122. The highest BCUT2D eigenvalue weighted by Crippen LogP contribution is 2.26. The highest BCUT2D eigenvalue weighted by Gasteiger charge is 2.26. The number of amides is 1. The van der Waals surface area contributed by atoms with E-state index in [2.05, 4.69) is 22.9 Å². The second-order valence-electron chi connectivity index (χ2n) is 5.03. The summed E-state index contributed by atoms with van der Waals surface area (Å²) in [6.45, 7) is 3.03. The van der Waals surface area contributed by atoms with Gasteiger partial charge >= 0.3 is 0 Å². The van der Waals surface area contributed by atoms with E-state index in [9.17, 15) is 4.79 Å². The summed E-state index contributed by atoms with van der Waals surface area (Å²) in [5, 5.41) is 0.645. The van der Waals surface area contributed by atoms with Crippen molar-refractivity contribution in [3.8, 4) is 0 Å². The Morgan fingerprint density at radius 2 is 2.21 bits per heavy atom. The van der Waals surface area contributed by atoms with Gasteiger partial charge in [-0.3, -0.25) is 4.79 Å². The molecule has 1 heterocycles. The zero-order chi connectivity index (χ0) is 13.8. The molecular weight excluding hydrogens is 326 g/mol. The van der Waals surface area contributed by atoms with E-state index in [4.69, 9.17) is 11.6 Å². The van der Waals surface area contributed by atoms with Crippen molar-refractivity contribution in [2.45, 2.75) is 45.1 Å². The van der Waals surface area contributed by atoms with Crippen LogP contribution in [0.1, 0.15) is 49.4 Å². The third kappa shape index (κ3) is 3.51. The molecule has 1 aromatic rings. The summed E-state index contributed by atoms with van der Waals surface area (Å²) >= 11 is 9.38. The third-order valence-electron chi connectivity index (χ3n) is 3.77. The highest BCUT2D eigenvalue weighted by molar-refractivity contribution is 9.10. The van der Waals surface area contributed by atoms with Gasteiger partial charge in [0.05, 0.1) is 5.56 Å². The first-order valence-corrected chi connectivity index (χ1v) is 8.06. The summed E-state index contributed by atoms with van der Waals surface area (Å²) in [4.78, 5) is 14.7. The fourth-order valence-corrected chi connectivity index (χ4v) is 3.54. The van der Waals surface area contributed by atoms with Crippen molar-refractivity contribution in [2.24, 2.45) is 0 Å². The van der Waals surface area contributed by atoms with Crippen LogP contribution < -0.4 is 0 Å². The lowest BCUT2D eigenvalue weighted by Gasteiger charge is -2.29. The molecule has 1 amide bonds. The van der Waals surface area contributed by atoms with Crippen LogP contribution in [0.3, 0.4) is 0 Å². The number of hydrogen-bond acceptors (Lipinski definition) is 1. The number of benzene rings is 1. The normalized spacial score (nSPS) is 20.2. The van der Waals surface area contributed by atoms with E-state index in [0.29, 0.717) is 16.6 Å². The molecule has 0 N–H and O–H groups in total. The van der Waals surface area contributed by atoms with Gasteiger partial charge in [0.2, 0.25) is 0 Å². The Hall–Kier alpha value is -0.540. The molecule has 0 spiro atoms. The van der Waals surface area contributed by atoms with Crippen LogP contribution >= 0.6 is 27.5 Å². The average molecular weight is 345 g/mol. The van der Waals surface area contributed by atoms with E-state index >= 15 is 0 Å². The number of carbonyl (C=O) groups is 1. The summed E-state index contributed by atoms with van der Waals surface area (Å²) in [5.41, 5.74) is 0.713. The largest absolute Gasteiger partial charge is 0.336 e. The molecule has 0 aromatic heterocycles. The lowest BCUT2D eigenvalue weighted by molar-refractivity contribution is 0.0677. The molecule has 2 rings (SSSR count). The average Bonchev–Trinajstić information content (AvgIpc) is 2.63. The van der Waals surface area contributed by atoms with Gasteiger partial charge in [-0.15, -0.1) is 0 Å². The molecule has 104 valence electrons. The molecule has 1 fully saturated rings. The van der Waals surface area contributed by atoms with Gasteiger partial charge in [-0.1, -0.05) is 31.4 Å². The van der Waals surface area contributed by atoms with E-state index in [1.807, 2.05) is 11.0 Å². The van der Waals surface area contributed by atoms with Gasteiger partial charge < -0.3 is 4.90 Å². The Bertz CT molecular complexity index is 463. The van der Waals surface area contributed by atoms with Crippen LogP contribution in [0.2, 0.25) is 5.02 Å². The van der Waals surface area contributed by atoms with Crippen molar-refractivity contribution in [1.29, 1.82) is 0 Å². The summed E-state index contributed by atoms with van der Waals surface area (Å²) < 4.78 is 0.782. The van der Waals surface area contributed by atoms with Crippen LogP contribution in [0.4, 0.5) is 0 Å². The minimum Gasteiger partial charge on any atom is -0.336 e. The van der Waals surface area contributed by atoms with Crippen LogP contribution in [-0.4, -0.2) is 23.4 Å². The molecule has 1 aromatic carbocycles. The molecule has 0 radical (unpaired) electrons. The summed E-state index contributed by atoms with van der Waals surface area (Å²) in [6, 6.07) is 5.75. The van der Waals surface area contributed by atoms with Gasteiger partial charge in [0, 0.05) is 22.1 Å². The lowest BCUT2D eigenvalue weighted by Crippen LogP contribution is -2.39. The van der Waals surface area contributed by atoms with Crippen LogP contribution in [-0.2, 0) is 0 Å². The molecule has 1 atom stereocenters. The van der Waals surface area contributed by atoms with Gasteiger partial charge in [0.15, 0.2) is 0 Å². The molecular formula is C15H19BrClNO. The number of hydrogen-bond donors (Lipinski definition) is 0. The lowest BCUT2D eigenvalue weighted by atomic mass is 10.1. The fourth-order valence-electron chi connectivity index (χ4n) is 2.69. The van der Waals surface area contributed by atoms with Gasteiger partial charge in [0.25, 0.3) is 5.91 Å². The van der Waals surface area contributed by atoms with Gasteiger partial charge in [0.1, 0.15) is 0 Å². The first-order chi connectivity index (χ1) is 9.13. The third-order valence-corrected chi connectivity index (χ3v) is 4.66. The molecule has 0 saturated carbocycles. The van der Waals surface area contributed by atoms with Crippen LogP contribution in [0, 0.1) is 0 Å². The van der Waals surface area contributed by atoms with Crippen molar-refractivity contribution >= 4 is 33.4 Å². The van der Waals surface area contributed by atoms with E-state index in [-0.39, 0.29) is 5.91 Å². The first kappa shape index (κ1) is 14.9. The van der Waals surface area contributed by atoms with Gasteiger partial charge in [-0.2, -0.15) is 0 Å². The van der Waals surface area contributed by atoms with Crippen molar-refractivity contribution in [2.75, 3.05) is 6.54 Å². The molecule has 0 bridgehead atoms. The van der Waals surface area contributed by atoms with E-state index in [1.54, 1.807) is 12.1 Å². The number of likely N-dealkylation sites (tertiary alicyclic amines) is 1. The summed E-state index contributed by atoms with van der Waals surface area (Å²) in [6.07, 6.45) is 5.70. The SMILES string of the molecule is CCC1CCCCCN1C(=O)c1ccc(Cl)cc1Br. The Kier molecular flexibility index (Phi) is 5.28. The monoisotopic (exact) mass is 343 g/mol. The van der Waals surface area contributed by atoms with Gasteiger partial charge in [-0.05, 0) is 53.4 Å². The Morgan fingerprint density at radius 1 is 1.42 bits per heavy atom. The molecule has 1 unspecified atom stereocenters. The second-order valence-corrected chi connectivity index (χ2v) is 6.32. The van der Waals surface area contributed by atoms with E-state index in [0.717, 1.165) is 30.3 Å². The van der Waals surface area contributed by atoms with Crippen LogP contribution in [0.5, 0.6) is 0 Å². The van der Waals surface area contributed by atoms with Crippen molar-refractivity contribution in [1.82, 2.24) is 4.90 Å². The molecule has 2 nitrogen and oxygen atoms in total. The highest BCUT2D eigenvalue weighted by atomic mass is 79.9. The summed E-state index contributed by atoms with van der Waals surface area (Å²) in [7, 11) is 0. The first-order valence-electron chi connectivity index (χ1n) is 6.89. The Morgan fingerprint density at radius 3 is 2.89 bits per heavy atom. The molecule has 4 heteroatoms. The smallest absolute Gasteiger partial charge is 0.255 e. The molecule has 0 aliphatic carbocycles. The maximum absolute atomic E-state index is 12.7. The number of rotatable bonds is 2. The van der Waals surface area contributed by atoms with Crippen molar-refractivity contribution < 1.29 is 4.79 Å². The van der Waals surface area contributed by atoms with Gasteiger partial charge in [-0.25, -0.2) is 0 Å². The molecule has 1 aliphatic heterocycles. The number of nitrogens with zero attached hydrogens (tertiary/aromatic N) is 1. The fraction of sp³-hybridized carbons (Fsp3) is 0.533. The standard InChI is InChI=1S/C15H19BrClNO/c1-2-12-6-4-3-5-9-18(12)15(19)13-8-7-11(17)10-14(13)16/h7-8,10,12H,2-6,9H2,1H3. The van der Waals surface area contributed by atoms with Crippen molar-refractivity contribution in [3.63, 3.8) is 0 Å². The summed E-state index contributed by atoms with van der Waals surface area (Å²) in [5.74, 6) is 0.122. The van der Waals surface area contributed by atoms with Crippen LogP contribution in [0.15, 0.2) is 22.7 Å². The maximum Gasteiger partial charge on any atom is 0.255 e. The van der Waals surface area contributed by atoms with E-state index < -0.39 is 0 Å². The zero-order valence-electron chi connectivity index (χ0n) is 11.2. The topological polar surface area (TPSA) is 20.3 Å². The van der Waals surface area contributed by atoms with Crippen LogP contribution in [0.25, 0.3) is 0 Å². The molecule has 1 saturated heterocycles. The Balaban J connectivity index is 2.25. The van der Waals surface area contributed by atoms with E-state index in [1.165, 1.54) is 12.8 Å². The second kappa shape index (κ2) is 6.76. The predicted octanol–water partition coefficient (Wildman–Crippen LogP) is 4.90. The van der Waals surface area contributed by atoms with Crippen molar-refractivity contribution in [3.05, 3.63) is 33.3 Å². The molecule has 19 heavy (non-hydrogen) atoms. The Labute approximate surface area is 128 Å². The molecule has 1 aliphatic rings. The maximum atomic E-state index is 12.7. The minimum absolute atomic E-state index is 0.122. The number of carbonyl (C=O) groups excluding carboxylic acids is 1.